The van der Waals surface area contributed by atoms with Gasteiger partial charge in [-0.25, -0.2) is 5.10 Å². The van der Waals surface area contributed by atoms with E-state index >= 15 is 0 Å². The number of hydrogen-bond donors (Lipinski definition) is 1. The Hall–Kier alpha value is -1.58. The van der Waals surface area contributed by atoms with Crippen molar-refractivity contribution in [1.29, 1.82) is 0 Å². The zero-order valence-electron chi connectivity index (χ0n) is 5.20. The summed E-state index contributed by atoms with van der Waals surface area (Å²) in [5, 5.41) is 5.74. The second kappa shape index (κ2) is 2.82. The van der Waals surface area contributed by atoms with Crippen molar-refractivity contribution in [2.75, 3.05) is 0 Å². The number of nitrogens with one attached hydrogen (secondary N) is 1. The summed E-state index contributed by atoms with van der Waals surface area (Å²) in [4.78, 5) is 10.4. The molecule has 1 heterocycles. The second-order valence-electron chi connectivity index (χ2n) is 1.54. The molecule has 0 unspecified atom stereocenters. The van der Waals surface area contributed by atoms with Gasteiger partial charge in [0.25, 0.3) is 5.56 Å². The van der Waals surface area contributed by atoms with Crippen molar-refractivity contribution < 1.29 is 4.74 Å². The van der Waals surface area contributed by atoms with Crippen molar-refractivity contribution in [1.82, 2.24) is 10.2 Å². The van der Waals surface area contributed by atoms with E-state index in [2.05, 4.69) is 16.8 Å². The average molecular weight is 138 g/mol. The van der Waals surface area contributed by atoms with Crippen LogP contribution in [0.3, 0.4) is 0 Å². The Morgan fingerprint density at radius 3 is 3.00 bits per heavy atom. The van der Waals surface area contributed by atoms with E-state index in [1.807, 2.05) is 0 Å². The number of nitrogens with zero attached hydrogens (tertiary/aromatic N) is 1. The Bertz CT molecular complexity index is 259. The molecule has 0 aliphatic rings. The maximum Gasteiger partial charge on any atom is 0.264 e. The second-order valence-corrected chi connectivity index (χ2v) is 1.54. The van der Waals surface area contributed by atoms with Crippen LogP contribution in [0.5, 0.6) is 5.88 Å². The molecule has 0 aliphatic heterocycles. The number of hydrogen-bond acceptors (Lipinski definition) is 3. The minimum Gasteiger partial charge on any atom is -0.446 e. The van der Waals surface area contributed by atoms with Crippen LogP contribution in [0.15, 0.2) is 29.8 Å². The molecule has 1 N–H and O–H groups in total. The van der Waals surface area contributed by atoms with Gasteiger partial charge in [-0.15, -0.1) is 5.10 Å². The van der Waals surface area contributed by atoms with Gasteiger partial charge >= 0.3 is 0 Å². The fourth-order valence-electron chi connectivity index (χ4n) is 0.483. The van der Waals surface area contributed by atoms with E-state index in [9.17, 15) is 4.79 Å². The van der Waals surface area contributed by atoms with Crippen molar-refractivity contribution in [2.24, 2.45) is 0 Å². The molecular weight excluding hydrogens is 132 g/mol. The summed E-state index contributed by atoms with van der Waals surface area (Å²) in [7, 11) is 0. The number of ether oxygens (including phenoxy) is 1. The molecule has 0 atom stereocenters. The van der Waals surface area contributed by atoms with Crippen molar-refractivity contribution in [2.45, 2.75) is 0 Å². The quantitative estimate of drug-likeness (QED) is 0.597. The fraction of sp³-hybridized carbons (Fsp3) is 0. The lowest BCUT2D eigenvalue weighted by Gasteiger charge is -1.93. The molecule has 1 aromatic heterocycles. The van der Waals surface area contributed by atoms with Crippen LogP contribution in [0.2, 0.25) is 0 Å². The number of H-pyrrole nitrogens is 1. The van der Waals surface area contributed by atoms with Gasteiger partial charge < -0.3 is 4.74 Å². The average Bonchev–Trinajstić information content (AvgIpc) is 1.95. The van der Waals surface area contributed by atoms with Gasteiger partial charge in [-0.1, -0.05) is 6.58 Å². The first-order valence-electron chi connectivity index (χ1n) is 2.66. The van der Waals surface area contributed by atoms with E-state index in [4.69, 9.17) is 4.74 Å². The van der Waals surface area contributed by atoms with Gasteiger partial charge in [0.15, 0.2) is 0 Å². The summed E-state index contributed by atoms with van der Waals surface area (Å²) in [5.74, 6) is 0.328. The third-order valence-corrected chi connectivity index (χ3v) is 0.858. The molecule has 0 aliphatic carbocycles. The third kappa shape index (κ3) is 1.45. The normalized spacial score (nSPS) is 8.80. The highest BCUT2D eigenvalue weighted by molar-refractivity contribution is 5.06. The van der Waals surface area contributed by atoms with Gasteiger partial charge in [0.05, 0.1) is 6.26 Å². The monoisotopic (exact) mass is 138 g/mol. The number of aromatic nitrogens is 2. The molecule has 0 saturated heterocycles. The first-order valence-corrected chi connectivity index (χ1v) is 2.66. The van der Waals surface area contributed by atoms with Crippen molar-refractivity contribution in [3.8, 4) is 5.88 Å². The van der Waals surface area contributed by atoms with Crippen LogP contribution in [-0.2, 0) is 0 Å². The Kier molecular flexibility index (Phi) is 1.84. The first-order chi connectivity index (χ1) is 4.83. The Balaban J connectivity index is 2.89. The van der Waals surface area contributed by atoms with Gasteiger partial charge in [-0.05, 0) is 0 Å². The number of aromatic amines is 1. The summed E-state index contributed by atoms with van der Waals surface area (Å²) in [6.07, 6.45) is 1.24. The maximum atomic E-state index is 10.4. The van der Waals surface area contributed by atoms with Gasteiger partial charge in [-0.2, -0.15) is 0 Å². The Labute approximate surface area is 57.2 Å². The van der Waals surface area contributed by atoms with Gasteiger partial charge in [0, 0.05) is 12.1 Å². The molecule has 0 bridgehead atoms. The molecule has 0 radical (unpaired) electrons. The van der Waals surface area contributed by atoms with Crippen molar-refractivity contribution in [3.05, 3.63) is 35.3 Å². The van der Waals surface area contributed by atoms with Crippen LogP contribution in [0.1, 0.15) is 0 Å². The van der Waals surface area contributed by atoms with Crippen LogP contribution >= 0.6 is 0 Å². The van der Waals surface area contributed by atoms with E-state index in [-0.39, 0.29) is 5.56 Å². The summed E-state index contributed by atoms with van der Waals surface area (Å²) in [6, 6.07) is 2.78. The van der Waals surface area contributed by atoms with Crippen LogP contribution in [0.4, 0.5) is 0 Å². The highest BCUT2D eigenvalue weighted by Gasteiger charge is 1.88. The largest absolute Gasteiger partial charge is 0.446 e. The molecule has 10 heavy (non-hydrogen) atoms. The molecule has 0 aromatic carbocycles. The van der Waals surface area contributed by atoms with Gasteiger partial charge in [0.1, 0.15) is 0 Å². The fourth-order valence-corrected chi connectivity index (χ4v) is 0.483. The minimum atomic E-state index is -0.253. The van der Waals surface area contributed by atoms with Gasteiger partial charge in [0.2, 0.25) is 5.88 Å². The zero-order valence-corrected chi connectivity index (χ0v) is 5.20. The van der Waals surface area contributed by atoms with E-state index in [0.29, 0.717) is 5.88 Å². The third-order valence-electron chi connectivity index (χ3n) is 0.858. The van der Waals surface area contributed by atoms with Crippen LogP contribution in [0.25, 0.3) is 0 Å². The predicted molar refractivity (Wildman–Crippen MR) is 35.7 cm³/mol. The van der Waals surface area contributed by atoms with E-state index in [1.54, 1.807) is 0 Å². The lowest BCUT2D eigenvalue weighted by molar-refractivity contribution is 0.454. The standard InChI is InChI=1S/C6H6N2O2/c1-2-10-6-4-3-5(9)7-8-6/h2-4H,1H2,(H,7,9). The SMILES string of the molecule is C=COc1ccc(=O)[nH]n1. The molecule has 0 saturated carbocycles. The highest BCUT2D eigenvalue weighted by atomic mass is 16.5. The van der Waals surface area contributed by atoms with E-state index in [1.165, 1.54) is 18.4 Å². The molecule has 0 fully saturated rings. The summed E-state index contributed by atoms with van der Waals surface area (Å²) < 4.78 is 4.74. The van der Waals surface area contributed by atoms with Crippen LogP contribution in [0, 0.1) is 0 Å². The van der Waals surface area contributed by atoms with Crippen LogP contribution in [-0.4, -0.2) is 10.2 Å². The molecule has 4 heteroatoms. The smallest absolute Gasteiger partial charge is 0.264 e. The molecule has 52 valence electrons. The first kappa shape index (κ1) is 6.54. The van der Waals surface area contributed by atoms with Crippen molar-refractivity contribution >= 4 is 0 Å². The molecule has 0 spiro atoms. The predicted octanol–water partition coefficient (Wildman–Crippen LogP) is 0.292. The zero-order chi connectivity index (χ0) is 7.40. The lowest BCUT2D eigenvalue weighted by atomic mass is 10.6. The molecular formula is C6H6N2O2. The molecule has 1 rings (SSSR count). The molecule has 0 amide bonds. The minimum absolute atomic E-state index is 0.253. The number of rotatable bonds is 2. The van der Waals surface area contributed by atoms with Crippen LogP contribution < -0.4 is 10.3 Å². The maximum absolute atomic E-state index is 10.4. The van der Waals surface area contributed by atoms with E-state index < -0.39 is 0 Å². The molecule has 4 nitrogen and oxygen atoms in total. The van der Waals surface area contributed by atoms with E-state index in [0.717, 1.165) is 0 Å². The highest BCUT2D eigenvalue weighted by Crippen LogP contribution is 1.98. The van der Waals surface area contributed by atoms with Gasteiger partial charge in [-0.3, -0.25) is 4.79 Å². The summed E-state index contributed by atoms with van der Waals surface area (Å²) >= 11 is 0. The summed E-state index contributed by atoms with van der Waals surface area (Å²) in [6.45, 7) is 3.32. The summed E-state index contributed by atoms with van der Waals surface area (Å²) in [5.41, 5.74) is -0.253. The van der Waals surface area contributed by atoms with Crippen molar-refractivity contribution in [3.63, 3.8) is 0 Å². The Morgan fingerprint density at radius 1 is 1.70 bits per heavy atom. The topological polar surface area (TPSA) is 55.0 Å². The Morgan fingerprint density at radius 2 is 2.50 bits per heavy atom. The lowest BCUT2D eigenvalue weighted by Crippen LogP contribution is -2.05. The molecule has 1 aromatic rings.